The van der Waals surface area contributed by atoms with Gasteiger partial charge in [0.05, 0.1) is 0 Å². The lowest BCUT2D eigenvalue weighted by molar-refractivity contribution is 0.555. The Morgan fingerprint density at radius 3 is 2.75 bits per heavy atom. The van der Waals surface area contributed by atoms with Crippen molar-refractivity contribution >= 4 is 38.5 Å². The highest BCUT2D eigenvalue weighted by Crippen LogP contribution is 2.18. The van der Waals surface area contributed by atoms with Crippen LogP contribution in [-0.4, -0.2) is 19.1 Å². The van der Waals surface area contributed by atoms with Crippen LogP contribution in [0.3, 0.4) is 0 Å². The summed E-state index contributed by atoms with van der Waals surface area (Å²) in [6.45, 7) is 7.27. The summed E-state index contributed by atoms with van der Waals surface area (Å²) in [5, 5.41) is 6.82. The molecule has 1 aromatic carbocycles. The van der Waals surface area contributed by atoms with E-state index in [0.717, 1.165) is 24.1 Å². The fourth-order valence-corrected chi connectivity index (χ4v) is 2.29. The molecule has 0 spiro atoms. The molecule has 1 rings (SSSR count). The van der Waals surface area contributed by atoms with Gasteiger partial charge in [0.25, 0.3) is 0 Å². The Bertz CT molecular complexity index is 329. The van der Waals surface area contributed by atoms with E-state index in [1.54, 1.807) is 0 Å². The van der Waals surface area contributed by atoms with Crippen LogP contribution in [0.15, 0.2) is 22.7 Å². The third-order valence-electron chi connectivity index (χ3n) is 2.18. The SMILES string of the molecule is CC(C)NCCNCc1cc(Br)ccc1I. The smallest absolute Gasteiger partial charge is 0.0216 e. The van der Waals surface area contributed by atoms with Gasteiger partial charge in [0.15, 0.2) is 0 Å². The zero-order valence-electron chi connectivity index (χ0n) is 9.69. The molecule has 16 heavy (non-hydrogen) atoms. The van der Waals surface area contributed by atoms with Crippen LogP contribution in [-0.2, 0) is 6.54 Å². The Morgan fingerprint density at radius 1 is 1.31 bits per heavy atom. The lowest BCUT2D eigenvalue weighted by Gasteiger charge is -2.10. The minimum atomic E-state index is 0.563. The maximum Gasteiger partial charge on any atom is 0.0216 e. The molecule has 4 heteroatoms. The molecule has 0 amide bonds. The molecular formula is C12H18BrIN2. The van der Waals surface area contributed by atoms with Gasteiger partial charge < -0.3 is 10.6 Å². The van der Waals surface area contributed by atoms with Gasteiger partial charge in [0.2, 0.25) is 0 Å². The summed E-state index contributed by atoms with van der Waals surface area (Å²) in [5.41, 5.74) is 1.35. The third-order valence-corrected chi connectivity index (χ3v) is 3.72. The highest BCUT2D eigenvalue weighted by atomic mass is 127. The fourth-order valence-electron chi connectivity index (χ4n) is 1.35. The van der Waals surface area contributed by atoms with Gasteiger partial charge in [0.1, 0.15) is 0 Å². The lowest BCUT2D eigenvalue weighted by atomic mass is 10.2. The van der Waals surface area contributed by atoms with Crippen molar-refractivity contribution < 1.29 is 0 Å². The molecule has 0 atom stereocenters. The van der Waals surface area contributed by atoms with Crippen LogP contribution in [0.2, 0.25) is 0 Å². The van der Waals surface area contributed by atoms with Crippen molar-refractivity contribution in [2.75, 3.05) is 13.1 Å². The van der Waals surface area contributed by atoms with Crippen molar-refractivity contribution in [2.24, 2.45) is 0 Å². The van der Waals surface area contributed by atoms with E-state index in [9.17, 15) is 0 Å². The van der Waals surface area contributed by atoms with Gasteiger partial charge in [-0.05, 0) is 46.4 Å². The molecule has 0 aliphatic heterocycles. The van der Waals surface area contributed by atoms with Gasteiger partial charge in [-0.2, -0.15) is 0 Å². The Kier molecular flexibility index (Phi) is 6.87. The molecule has 0 bridgehead atoms. The van der Waals surface area contributed by atoms with Crippen molar-refractivity contribution in [3.63, 3.8) is 0 Å². The molecule has 0 saturated heterocycles. The number of halogens is 2. The van der Waals surface area contributed by atoms with E-state index in [0.29, 0.717) is 6.04 Å². The van der Waals surface area contributed by atoms with E-state index in [2.05, 4.69) is 81.2 Å². The first-order valence-electron chi connectivity index (χ1n) is 5.47. The molecule has 1 aromatic rings. The highest BCUT2D eigenvalue weighted by molar-refractivity contribution is 14.1. The number of nitrogens with one attached hydrogen (secondary N) is 2. The van der Waals surface area contributed by atoms with Crippen molar-refractivity contribution in [3.05, 3.63) is 31.8 Å². The second-order valence-corrected chi connectivity index (χ2v) is 6.10. The predicted octanol–water partition coefficient (Wildman–Crippen LogP) is 3.14. The second kappa shape index (κ2) is 7.63. The molecule has 0 aliphatic carbocycles. The summed E-state index contributed by atoms with van der Waals surface area (Å²) < 4.78 is 2.45. The zero-order chi connectivity index (χ0) is 12.0. The first-order valence-corrected chi connectivity index (χ1v) is 7.35. The highest BCUT2D eigenvalue weighted by Gasteiger charge is 2.00. The van der Waals surface area contributed by atoms with Crippen LogP contribution < -0.4 is 10.6 Å². The summed E-state index contributed by atoms with van der Waals surface area (Å²) in [4.78, 5) is 0. The van der Waals surface area contributed by atoms with Crippen LogP contribution in [0, 0.1) is 3.57 Å². The Balaban J connectivity index is 2.29. The molecule has 2 N–H and O–H groups in total. The normalized spacial score (nSPS) is 11.1. The van der Waals surface area contributed by atoms with Gasteiger partial charge in [-0.15, -0.1) is 0 Å². The van der Waals surface area contributed by atoms with E-state index in [1.165, 1.54) is 9.13 Å². The van der Waals surface area contributed by atoms with E-state index in [4.69, 9.17) is 0 Å². The first-order chi connectivity index (χ1) is 7.59. The number of hydrogen-bond acceptors (Lipinski definition) is 2. The minimum Gasteiger partial charge on any atom is -0.313 e. The standard InChI is InChI=1S/C12H18BrIN2/c1-9(2)16-6-5-15-8-10-7-11(13)3-4-12(10)14/h3-4,7,9,15-16H,5-6,8H2,1-2H3. The van der Waals surface area contributed by atoms with Crippen LogP contribution >= 0.6 is 38.5 Å². The molecule has 0 heterocycles. The second-order valence-electron chi connectivity index (χ2n) is 4.02. The summed E-state index contributed by atoms with van der Waals surface area (Å²) >= 11 is 5.87. The Labute approximate surface area is 120 Å². The van der Waals surface area contributed by atoms with Gasteiger partial charge in [-0.3, -0.25) is 0 Å². The van der Waals surface area contributed by atoms with Gasteiger partial charge in [-0.1, -0.05) is 29.8 Å². The largest absolute Gasteiger partial charge is 0.313 e. The lowest BCUT2D eigenvalue weighted by Crippen LogP contribution is -2.31. The quantitative estimate of drug-likeness (QED) is 0.570. The van der Waals surface area contributed by atoms with Crippen molar-refractivity contribution in [3.8, 4) is 0 Å². The van der Waals surface area contributed by atoms with Gasteiger partial charge in [0, 0.05) is 33.7 Å². The number of rotatable bonds is 6. The van der Waals surface area contributed by atoms with E-state index < -0.39 is 0 Å². The Hall–Kier alpha value is 0.350. The minimum absolute atomic E-state index is 0.563. The maximum absolute atomic E-state index is 3.49. The number of hydrogen-bond donors (Lipinski definition) is 2. The average molecular weight is 397 g/mol. The molecule has 0 aliphatic rings. The molecule has 90 valence electrons. The van der Waals surface area contributed by atoms with Crippen molar-refractivity contribution in [1.82, 2.24) is 10.6 Å². The monoisotopic (exact) mass is 396 g/mol. The molecular weight excluding hydrogens is 379 g/mol. The summed E-state index contributed by atoms with van der Waals surface area (Å²) in [6.07, 6.45) is 0. The van der Waals surface area contributed by atoms with E-state index in [-0.39, 0.29) is 0 Å². The van der Waals surface area contributed by atoms with Crippen molar-refractivity contribution in [1.29, 1.82) is 0 Å². The van der Waals surface area contributed by atoms with Crippen LogP contribution in [0.1, 0.15) is 19.4 Å². The van der Waals surface area contributed by atoms with Crippen molar-refractivity contribution in [2.45, 2.75) is 26.4 Å². The van der Waals surface area contributed by atoms with Gasteiger partial charge >= 0.3 is 0 Å². The first kappa shape index (κ1) is 14.4. The van der Waals surface area contributed by atoms with Crippen LogP contribution in [0.25, 0.3) is 0 Å². The predicted molar refractivity (Wildman–Crippen MR) is 81.7 cm³/mol. The van der Waals surface area contributed by atoms with Crippen LogP contribution in [0.5, 0.6) is 0 Å². The average Bonchev–Trinajstić information content (AvgIpc) is 2.22. The molecule has 0 fully saturated rings. The summed E-state index contributed by atoms with van der Waals surface area (Å²) in [5.74, 6) is 0. The van der Waals surface area contributed by atoms with E-state index in [1.807, 2.05) is 0 Å². The number of benzene rings is 1. The molecule has 2 nitrogen and oxygen atoms in total. The molecule has 0 aromatic heterocycles. The van der Waals surface area contributed by atoms with Gasteiger partial charge in [-0.25, -0.2) is 0 Å². The molecule has 0 radical (unpaired) electrons. The maximum atomic E-state index is 3.49. The van der Waals surface area contributed by atoms with Crippen LogP contribution in [0.4, 0.5) is 0 Å². The third kappa shape index (κ3) is 5.61. The summed E-state index contributed by atoms with van der Waals surface area (Å²) in [7, 11) is 0. The fraction of sp³-hybridized carbons (Fsp3) is 0.500. The van der Waals surface area contributed by atoms with E-state index >= 15 is 0 Å². The zero-order valence-corrected chi connectivity index (χ0v) is 13.4. The molecule has 0 unspecified atom stereocenters. The topological polar surface area (TPSA) is 24.1 Å². The molecule has 0 saturated carbocycles. The Morgan fingerprint density at radius 2 is 2.06 bits per heavy atom. The summed E-state index contributed by atoms with van der Waals surface area (Å²) in [6, 6.07) is 6.94.